The van der Waals surface area contributed by atoms with Crippen molar-refractivity contribution >= 4 is 91.8 Å². The molecule has 0 amide bonds. The van der Waals surface area contributed by atoms with Crippen molar-refractivity contribution in [2.45, 2.75) is 12.5 Å². The fourth-order valence-electron chi connectivity index (χ4n) is 10.5. The lowest BCUT2D eigenvalue weighted by Crippen LogP contribution is -2.30. The Hall–Kier alpha value is -7.98. The molecule has 0 saturated carbocycles. The van der Waals surface area contributed by atoms with Gasteiger partial charge < -0.3 is 9.47 Å². The summed E-state index contributed by atoms with van der Waals surface area (Å²) >= 11 is 1.87. The number of thiophene rings is 1. The first-order valence-corrected chi connectivity index (χ1v) is 23.3. The summed E-state index contributed by atoms with van der Waals surface area (Å²) in [6.45, 7) is 0. The van der Waals surface area contributed by atoms with E-state index in [4.69, 9.17) is 0 Å². The number of hydrogen-bond donors (Lipinski definition) is 0. The highest BCUT2D eigenvalue weighted by molar-refractivity contribution is 7.25. The van der Waals surface area contributed by atoms with Crippen LogP contribution in [0.4, 0.5) is 11.4 Å². The molecule has 0 N–H and O–H groups in total. The fourth-order valence-corrected chi connectivity index (χ4v) is 11.6. The molecule has 12 aromatic rings. The molecule has 0 radical (unpaired) electrons. The van der Waals surface area contributed by atoms with Crippen LogP contribution in [0.5, 0.6) is 0 Å². The van der Waals surface area contributed by atoms with Gasteiger partial charge in [0.05, 0.1) is 17.1 Å². The maximum atomic E-state index is 2.53. The van der Waals surface area contributed by atoms with Crippen molar-refractivity contribution in [3.63, 3.8) is 0 Å². The number of hydrogen-bond acceptors (Lipinski definition) is 2. The molecule has 0 aliphatic heterocycles. The van der Waals surface area contributed by atoms with Crippen molar-refractivity contribution < 1.29 is 0 Å². The first-order valence-electron chi connectivity index (χ1n) is 22.5. The molecule has 0 fully saturated rings. The summed E-state index contributed by atoms with van der Waals surface area (Å²) in [4.78, 5) is 2.53. The number of benzene rings is 10. The predicted molar refractivity (Wildman–Crippen MR) is 280 cm³/mol. The Labute approximate surface area is 381 Å². The molecule has 0 spiro atoms. The Morgan fingerprint density at radius 2 is 1.06 bits per heavy atom. The standard InChI is InChI=1S/C62H42N2S/c1-3-19-50-41(13-1)15-10-23-52(50)43-29-33-46(34-30-43)63(47-35-31-44(32-36-47)53-24-11-16-42-14-2-4-20-51(42)53)48-18-9-17-45(39-48)54-25-12-27-59-62(54)57-22-5-7-26-58(57)64(59)49-37-38-56-55-21-6-8-28-60(55)65-61(56)40-49/h1-35,37-40,47H,36H2. The molecule has 0 bridgehead atoms. The zero-order chi connectivity index (χ0) is 42.8. The molecule has 10 aromatic carbocycles. The lowest BCUT2D eigenvalue weighted by Gasteiger charge is -2.34. The Kier molecular flexibility index (Phi) is 8.89. The van der Waals surface area contributed by atoms with Crippen molar-refractivity contribution in [2.24, 2.45) is 0 Å². The van der Waals surface area contributed by atoms with E-state index in [1.807, 2.05) is 11.3 Å². The average molecular weight is 847 g/mol. The van der Waals surface area contributed by atoms with Gasteiger partial charge in [0.25, 0.3) is 0 Å². The normalized spacial score (nSPS) is 14.0. The Bertz CT molecular complexity index is 3870. The van der Waals surface area contributed by atoms with Crippen molar-refractivity contribution in [1.29, 1.82) is 0 Å². The summed E-state index contributed by atoms with van der Waals surface area (Å²) in [5.41, 5.74) is 13.4. The lowest BCUT2D eigenvalue weighted by atomic mass is 9.92. The van der Waals surface area contributed by atoms with Crippen LogP contribution in [-0.4, -0.2) is 10.6 Å². The van der Waals surface area contributed by atoms with E-state index in [0.29, 0.717) is 0 Å². The highest BCUT2D eigenvalue weighted by atomic mass is 32.1. The second kappa shape index (κ2) is 15.4. The van der Waals surface area contributed by atoms with Crippen LogP contribution in [0.25, 0.3) is 97.0 Å². The maximum absolute atomic E-state index is 2.53. The van der Waals surface area contributed by atoms with E-state index in [2.05, 4.69) is 246 Å². The van der Waals surface area contributed by atoms with Gasteiger partial charge in [-0.25, -0.2) is 0 Å². The van der Waals surface area contributed by atoms with Gasteiger partial charge in [0, 0.05) is 48.0 Å². The van der Waals surface area contributed by atoms with Crippen LogP contribution in [0.2, 0.25) is 0 Å². The van der Waals surface area contributed by atoms with Crippen LogP contribution in [0.1, 0.15) is 12.0 Å². The Morgan fingerprint density at radius 1 is 0.431 bits per heavy atom. The number of anilines is 2. The quantitative estimate of drug-likeness (QED) is 0.155. The summed E-state index contributed by atoms with van der Waals surface area (Å²) in [6, 6.07) is 80.6. The number of aromatic nitrogens is 1. The van der Waals surface area contributed by atoms with E-state index in [1.54, 1.807) is 0 Å². The molecule has 1 unspecified atom stereocenters. The molecule has 1 atom stereocenters. The fraction of sp³-hybridized carbons (Fsp3) is 0.0323. The zero-order valence-electron chi connectivity index (χ0n) is 35.6. The van der Waals surface area contributed by atoms with E-state index in [-0.39, 0.29) is 6.04 Å². The average Bonchev–Trinajstić information content (AvgIpc) is 3.92. The number of allylic oxidation sites excluding steroid dienone is 2. The van der Waals surface area contributed by atoms with E-state index >= 15 is 0 Å². The van der Waals surface area contributed by atoms with Gasteiger partial charge in [0.15, 0.2) is 0 Å². The summed E-state index contributed by atoms with van der Waals surface area (Å²) in [5, 5.41) is 10.2. The minimum absolute atomic E-state index is 0.105. The minimum atomic E-state index is 0.105. The van der Waals surface area contributed by atoms with Crippen LogP contribution in [0.3, 0.4) is 0 Å². The number of rotatable bonds is 7. The van der Waals surface area contributed by atoms with Crippen LogP contribution < -0.4 is 4.90 Å². The topological polar surface area (TPSA) is 8.17 Å². The SMILES string of the molecule is C1=CC(N(c2ccc(-c3cccc4ccccc34)cc2)c2cccc(-c3cccc4c3c3ccccc3n4-c3ccc4c(c3)sc3ccccc34)c2)CC=C1c1cccc2ccccc12. The highest BCUT2D eigenvalue weighted by Crippen LogP contribution is 2.43. The van der Waals surface area contributed by atoms with Crippen molar-refractivity contribution in [2.75, 3.05) is 4.90 Å². The van der Waals surface area contributed by atoms with Crippen LogP contribution >= 0.6 is 11.3 Å². The van der Waals surface area contributed by atoms with Gasteiger partial charge in [0.2, 0.25) is 0 Å². The second-order valence-corrected chi connectivity index (χ2v) is 18.3. The maximum Gasteiger partial charge on any atom is 0.0560 e. The van der Waals surface area contributed by atoms with Gasteiger partial charge in [-0.05, 0) is 116 Å². The van der Waals surface area contributed by atoms with Gasteiger partial charge >= 0.3 is 0 Å². The largest absolute Gasteiger partial charge is 0.334 e. The third-order valence-corrected chi connectivity index (χ3v) is 14.6. The molecule has 3 heteroatoms. The summed E-state index contributed by atoms with van der Waals surface area (Å²) < 4.78 is 5.08. The Balaban J connectivity index is 0.931. The van der Waals surface area contributed by atoms with E-state index in [9.17, 15) is 0 Å². The molecule has 1 aliphatic rings. The van der Waals surface area contributed by atoms with Gasteiger partial charge in [-0.3, -0.25) is 0 Å². The second-order valence-electron chi connectivity index (χ2n) is 17.2. The van der Waals surface area contributed by atoms with Gasteiger partial charge in [-0.1, -0.05) is 182 Å². The smallest absolute Gasteiger partial charge is 0.0560 e. The minimum Gasteiger partial charge on any atom is -0.334 e. The molecule has 13 rings (SSSR count). The predicted octanol–water partition coefficient (Wildman–Crippen LogP) is 17.3. The number of para-hydroxylation sites is 1. The lowest BCUT2D eigenvalue weighted by molar-refractivity contribution is 0.787. The van der Waals surface area contributed by atoms with E-state index < -0.39 is 0 Å². The summed E-state index contributed by atoms with van der Waals surface area (Å²) in [6.07, 6.45) is 8.05. The van der Waals surface area contributed by atoms with Gasteiger partial charge in [-0.2, -0.15) is 0 Å². The molecule has 2 heterocycles. The van der Waals surface area contributed by atoms with E-state index in [1.165, 1.54) is 103 Å². The van der Waals surface area contributed by atoms with Crippen molar-refractivity contribution in [1.82, 2.24) is 4.57 Å². The molecule has 2 aromatic heterocycles. The molecule has 1 aliphatic carbocycles. The monoisotopic (exact) mass is 846 g/mol. The molecule has 306 valence electrons. The molecule has 65 heavy (non-hydrogen) atoms. The summed E-state index contributed by atoms with van der Waals surface area (Å²) in [7, 11) is 0. The third-order valence-electron chi connectivity index (χ3n) is 13.5. The first-order chi connectivity index (χ1) is 32.2. The third kappa shape index (κ3) is 6.31. The zero-order valence-corrected chi connectivity index (χ0v) is 36.4. The number of nitrogens with zero attached hydrogens (tertiary/aromatic N) is 2. The molecule has 0 saturated heterocycles. The molecular formula is C62H42N2S. The van der Waals surface area contributed by atoms with Crippen LogP contribution in [0.15, 0.2) is 237 Å². The van der Waals surface area contributed by atoms with Crippen LogP contribution in [-0.2, 0) is 0 Å². The van der Waals surface area contributed by atoms with Crippen molar-refractivity contribution in [3.8, 4) is 27.9 Å². The van der Waals surface area contributed by atoms with Gasteiger partial charge in [-0.15, -0.1) is 11.3 Å². The molecule has 2 nitrogen and oxygen atoms in total. The molecular weight excluding hydrogens is 805 g/mol. The number of fused-ring (bicyclic) bond motifs is 8. The summed E-state index contributed by atoms with van der Waals surface area (Å²) in [5.74, 6) is 0. The highest BCUT2D eigenvalue weighted by Gasteiger charge is 2.23. The van der Waals surface area contributed by atoms with Crippen LogP contribution in [0, 0.1) is 0 Å². The van der Waals surface area contributed by atoms with E-state index in [0.717, 1.165) is 17.8 Å². The van der Waals surface area contributed by atoms with Gasteiger partial charge in [0.1, 0.15) is 0 Å². The first kappa shape index (κ1) is 37.6. The Morgan fingerprint density at radius 3 is 1.86 bits per heavy atom. The van der Waals surface area contributed by atoms with Crippen molar-refractivity contribution in [3.05, 3.63) is 242 Å².